The van der Waals surface area contributed by atoms with Crippen molar-refractivity contribution in [2.75, 3.05) is 19.6 Å². The molecule has 1 saturated heterocycles. The highest BCUT2D eigenvalue weighted by Crippen LogP contribution is 2.20. The summed E-state index contributed by atoms with van der Waals surface area (Å²) < 4.78 is 6.79. The largest absolute Gasteiger partial charge is 0.332 e. The molecule has 8 nitrogen and oxygen atoms in total. The minimum absolute atomic E-state index is 0.220. The predicted octanol–water partition coefficient (Wildman–Crippen LogP) is 1.52. The molecule has 0 radical (unpaired) electrons. The molecule has 0 N–H and O–H groups in total. The Morgan fingerprint density at radius 1 is 1.11 bits per heavy atom. The van der Waals surface area contributed by atoms with Crippen LogP contribution >= 0.6 is 0 Å². The average Bonchev–Trinajstić information content (AvgIpc) is 3.15. The van der Waals surface area contributed by atoms with Gasteiger partial charge in [0, 0.05) is 38.1 Å². The second-order valence-electron chi connectivity index (χ2n) is 7.89. The molecule has 0 bridgehead atoms. The van der Waals surface area contributed by atoms with Crippen LogP contribution in [-0.4, -0.2) is 47.6 Å². The Balaban J connectivity index is 1.85. The third kappa shape index (κ3) is 2.82. The maximum absolute atomic E-state index is 13.2. The molecular weight excluding hydrogens is 344 g/mol. The van der Waals surface area contributed by atoms with Gasteiger partial charge in [-0.25, -0.2) is 4.79 Å². The molecule has 3 aromatic rings. The lowest BCUT2D eigenvalue weighted by molar-refractivity contribution is 0.218. The summed E-state index contributed by atoms with van der Waals surface area (Å²) >= 11 is 0. The molecule has 0 atom stereocenters. The monoisotopic (exact) mass is 372 g/mol. The van der Waals surface area contributed by atoms with Crippen molar-refractivity contribution in [1.29, 1.82) is 0 Å². The number of fused-ring (bicyclic) bond motifs is 3. The van der Waals surface area contributed by atoms with Crippen LogP contribution in [0, 0.1) is 6.92 Å². The van der Waals surface area contributed by atoms with Crippen LogP contribution in [0.3, 0.4) is 0 Å². The van der Waals surface area contributed by atoms with Crippen LogP contribution in [0.1, 0.15) is 44.8 Å². The number of nitrogens with zero attached hydrogens (tertiary/aromatic N) is 6. The average molecular weight is 372 g/mol. The van der Waals surface area contributed by atoms with E-state index in [-0.39, 0.29) is 17.3 Å². The second-order valence-corrected chi connectivity index (χ2v) is 7.89. The summed E-state index contributed by atoms with van der Waals surface area (Å²) in [4.78, 5) is 33.0. The molecule has 0 amide bonds. The Kier molecular flexibility index (Phi) is 4.46. The van der Waals surface area contributed by atoms with Crippen molar-refractivity contribution in [2.24, 2.45) is 7.05 Å². The van der Waals surface area contributed by atoms with Gasteiger partial charge in [-0.15, -0.1) is 0 Å². The van der Waals surface area contributed by atoms with Gasteiger partial charge in [0.2, 0.25) is 5.78 Å². The van der Waals surface area contributed by atoms with E-state index in [0.29, 0.717) is 23.5 Å². The molecule has 0 saturated carbocycles. The summed E-state index contributed by atoms with van der Waals surface area (Å²) in [5.74, 6) is 0.707. The minimum Gasteiger partial charge on any atom is -0.312 e. The van der Waals surface area contributed by atoms with Gasteiger partial charge in [-0.3, -0.25) is 18.3 Å². The number of rotatable bonds is 4. The molecular formula is C19H28N6O2. The quantitative estimate of drug-likeness (QED) is 0.696. The molecule has 8 heteroatoms. The van der Waals surface area contributed by atoms with Crippen molar-refractivity contribution >= 4 is 16.9 Å². The Morgan fingerprint density at radius 2 is 1.81 bits per heavy atom. The highest BCUT2D eigenvalue weighted by molar-refractivity contribution is 5.75. The van der Waals surface area contributed by atoms with E-state index in [1.165, 1.54) is 28.4 Å². The number of likely N-dealkylation sites (tertiary alicyclic amines) is 1. The minimum atomic E-state index is -0.293. The Hall–Kier alpha value is -2.35. The molecule has 4 rings (SSSR count). The highest BCUT2D eigenvalue weighted by atomic mass is 16.2. The maximum Gasteiger partial charge on any atom is 0.332 e. The fraction of sp³-hybridized carbons (Fsp3) is 0.632. The van der Waals surface area contributed by atoms with Crippen LogP contribution in [0.15, 0.2) is 15.8 Å². The van der Waals surface area contributed by atoms with Crippen molar-refractivity contribution < 1.29 is 0 Å². The van der Waals surface area contributed by atoms with Gasteiger partial charge in [-0.2, -0.15) is 4.98 Å². The van der Waals surface area contributed by atoms with Crippen molar-refractivity contribution in [1.82, 2.24) is 28.0 Å². The Bertz CT molecular complexity index is 1110. The van der Waals surface area contributed by atoms with Gasteiger partial charge in [0.1, 0.15) is 0 Å². The number of hydrogen-bond acceptors (Lipinski definition) is 4. The summed E-state index contributed by atoms with van der Waals surface area (Å²) in [6.45, 7) is 9.42. The van der Waals surface area contributed by atoms with E-state index in [2.05, 4.69) is 28.3 Å². The van der Waals surface area contributed by atoms with E-state index in [9.17, 15) is 9.59 Å². The van der Waals surface area contributed by atoms with Crippen molar-refractivity contribution in [3.05, 3.63) is 32.7 Å². The zero-order valence-electron chi connectivity index (χ0n) is 16.6. The summed E-state index contributed by atoms with van der Waals surface area (Å²) in [6.07, 6.45) is 5.59. The maximum atomic E-state index is 13.2. The smallest absolute Gasteiger partial charge is 0.312 e. The molecule has 1 fully saturated rings. The van der Waals surface area contributed by atoms with Gasteiger partial charge in [0.05, 0.1) is 0 Å². The summed E-state index contributed by atoms with van der Waals surface area (Å²) in [6, 6.07) is 0.220. The van der Waals surface area contributed by atoms with Gasteiger partial charge < -0.3 is 9.47 Å². The van der Waals surface area contributed by atoms with Gasteiger partial charge in [0.15, 0.2) is 11.2 Å². The molecule has 0 aromatic carbocycles. The van der Waals surface area contributed by atoms with E-state index in [1.807, 2.05) is 17.5 Å². The molecule has 0 spiro atoms. The molecule has 0 unspecified atom stereocenters. The summed E-state index contributed by atoms with van der Waals surface area (Å²) in [5.41, 5.74) is 1.43. The number of aromatic nitrogens is 5. The fourth-order valence-corrected chi connectivity index (χ4v) is 4.29. The zero-order chi connectivity index (χ0) is 19.3. The van der Waals surface area contributed by atoms with E-state index >= 15 is 0 Å². The molecule has 0 aliphatic carbocycles. The van der Waals surface area contributed by atoms with Crippen LogP contribution < -0.4 is 11.2 Å². The number of hydrogen-bond donors (Lipinski definition) is 0. The molecule has 3 aromatic heterocycles. The first-order valence-corrected chi connectivity index (χ1v) is 9.82. The van der Waals surface area contributed by atoms with Crippen molar-refractivity contribution in [2.45, 2.75) is 52.6 Å². The van der Waals surface area contributed by atoms with Crippen LogP contribution in [0.25, 0.3) is 16.9 Å². The van der Waals surface area contributed by atoms with Crippen LogP contribution in [0.5, 0.6) is 0 Å². The van der Waals surface area contributed by atoms with Crippen LogP contribution in [0.4, 0.5) is 0 Å². The van der Waals surface area contributed by atoms with Crippen LogP contribution in [0.2, 0.25) is 0 Å². The first-order chi connectivity index (χ1) is 12.9. The van der Waals surface area contributed by atoms with Crippen LogP contribution in [-0.2, 0) is 13.6 Å². The van der Waals surface area contributed by atoms with E-state index in [0.717, 1.165) is 25.3 Å². The van der Waals surface area contributed by atoms with Gasteiger partial charge >= 0.3 is 5.69 Å². The number of aryl methyl sites for hydroxylation is 2. The third-order valence-electron chi connectivity index (χ3n) is 5.67. The van der Waals surface area contributed by atoms with E-state index in [4.69, 9.17) is 0 Å². The molecule has 1 aliphatic rings. The van der Waals surface area contributed by atoms with Gasteiger partial charge in [-0.1, -0.05) is 6.42 Å². The lowest BCUT2D eigenvalue weighted by Gasteiger charge is -2.26. The zero-order valence-corrected chi connectivity index (χ0v) is 16.6. The van der Waals surface area contributed by atoms with Crippen molar-refractivity contribution in [3.63, 3.8) is 0 Å². The van der Waals surface area contributed by atoms with Gasteiger partial charge in [0.25, 0.3) is 5.56 Å². The third-order valence-corrected chi connectivity index (χ3v) is 5.67. The van der Waals surface area contributed by atoms with Gasteiger partial charge in [-0.05, 0) is 46.7 Å². The molecule has 1 aliphatic heterocycles. The molecule has 146 valence electrons. The first-order valence-electron chi connectivity index (χ1n) is 9.82. The second kappa shape index (κ2) is 6.67. The number of piperidine rings is 1. The Morgan fingerprint density at radius 3 is 2.48 bits per heavy atom. The lowest BCUT2D eigenvalue weighted by Crippen LogP contribution is -2.43. The normalized spacial score (nSPS) is 16.2. The number of imidazole rings is 2. The predicted molar refractivity (Wildman–Crippen MR) is 106 cm³/mol. The summed E-state index contributed by atoms with van der Waals surface area (Å²) in [5, 5.41) is 0. The molecule has 27 heavy (non-hydrogen) atoms. The van der Waals surface area contributed by atoms with Crippen molar-refractivity contribution in [3.8, 4) is 0 Å². The summed E-state index contributed by atoms with van der Waals surface area (Å²) in [7, 11) is 1.69. The van der Waals surface area contributed by atoms with E-state index in [1.54, 1.807) is 7.05 Å². The van der Waals surface area contributed by atoms with E-state index < -0.39 is 0 Å². The molecule has 4 heterocycles. The topological polar surface area (TPSA) is 69.5 Å². The SMILES string of the molecule is Cc1cn2c3c(=O)n(CCN4CCCCC4)c(=O)n(C)c3nc2n1C(C)C. The highest BCUT2D eigenvalue weighted by Gasteiger charge is 2.21. The first kappa shape index (κ1) is 18.0. The Labute approximate surface area is 157 Å². The lowest BCUT2D eigenvalue weighted by atomic mass is 10.1. The fourth-order valence-electron chi connectivity index (χ4n) is 4.29. The standard InChI is InChI=1S/C19H28N6O2/c1-13(2)25-14(3)12-24-15-16(20-18(24)25)21(4)19(27)23(17(15)26)11-10-22-8-6-5-7-9-22/h12-13H,5-11H2,1-4H3.